The van der Waals surface area contributed by atoms with Crippen LogP contribution in [0.2, 0.25) is 0 Å². The predicted molar refractivity (Wildman–Crippen MR) is 149 cm³/mol. The second kappa shape index (κ2) is 11.8. The van der Waals surface area contributed by atoms with Gasteiger partial charge in [0.15, 0.2) is 0 Å². The zero-order valence-corrected chi connectivity index (χ0v) is 21.5. The fourth-order valence-electron chi connectivity index (χ4n) is 4.71. The number of likely N-dealkylation sites (tertiary alicyclic amines) is 1. The number of amides is 1. The van der Waals surface area contributed by atoms with Crippen LogP contribution in [0.4, 0.5) is 10.5 Å². The van der Waals surface area contributed by atoms with E-state index < -0.39 is 12.2 Å². The molecule has 9 nitrogen and oxygen atoms in total. The number of para-hydroxylation sites is 1. The first-order valence-electron chi connectivity index (χ1n) is 12.6. The zero-order valence-electron chi connectivity index (χ0n) is 20.7. The molecule has 5 N–H and O–H groups in total. The Morgan fingerprint density at radius 3 is 2.61 bits per heavy atom. The Balaban J connectivity index is 1.07. The van der Waals surface area contributed by atoms with Crippen molar-refractivity contribution in [2.45, 2.75) is 25.0 Å². The molecule has 0 aliphatic carbocycles. The van der Waals surface area contributed by atoms with Gasteiger partial charge in [-0.25, -0.2) is 4.79 Å². The Morgan fingerprint density at radius 1 is 1.08 bits per heavy atom. The number of aliphatic hydroxyl groups is 1. The van der Waals surface area contributed by atoms with Crippen molar-refractivity contribution in [2.24, 2.45) is 0 Å². The highest BCUT2D eigenvalue weighted by molar-refractivity contribution is 7.16. The Hall–Kier alpha value is -3.70. The van der Waals surface area contributed by atoms with Gasteiger partial charge in [0.25, 0.3) is 0 Å². The molecule has 0 spiro atoms. The van der Waals surface area contributed by atoms with Gasteiger partial charge in [-0.05, 0) is 30.5 Å². The van der Waals surface area contributed by atoms with Gasteiger partial charge in [-0.1, -0.05) is 65.9 Å². The van der Waals surface area contributed by atoms with Gasteiger partial charge in [0.2, 0.25) is 0 Å². The minimum Gasteiger partial charge on any atom is -0.506 e. The monoisotopic (exact) mass is 534 g/mol. The lowest BCUT2D eigenvalue weighted by Crippen LogP contribution is -2.43. The van der Waals surface area contributed by atoms with Crippen molar-refractivity contribution in [3.05, 3.63) is 82.0 Å². The van der Waals surface area contributed by atoms with Crippen LogP contribution in [0.1, 0.15) is 24.5 Å². The fourth-order valence-corrected chi connectivity index (χ4v) is 5.63. The maximum atomic E-state index is 12.6. The SMILES string of the molecule is O=C(Nc1ccccc1-c1ccccc1)OC1CCN(CNC[C@H](O)c2ccc(O)c3[nH]c(=O)sc23)CC1. The van der Waals surface area contributed by atoms with Crippen LogP contribution in [0.5, 0.6) is 5.75 Å². The van der Waals surface area contributed by atoms with Crippen molar-refractivity contribution in [2.75, 3.05) is 31.6 Å². The standard InChI is InChI=1S/C28H30N4O5S/c33-23-11-10-21(26-25(23)31-28(36)38-26)24(34)16-29-17-32-14-12-19(13-15-32)37-27(35)30-22-9-5-4-8-20(22)18-6-2-1-3-7-18/h1-11,19,24,29,33-34H,12-17H2,(H,30,35)(H,31,36)/t24-/m0/s1. The van der Waals surface area contributed by atoms with Gasteiger partial charge < -0.3 is 25.3 Å². The number of nitrogens with zero attached hydrogens (tertiary/aromatic N) is 1. The summed E-state index contributed by atoms with van der Waals surface area (Å²) < 4.78 is 6.26. The van der Waals surface area contributed by atoms with Gasteiger partial charge in [0.05, 0.1) is 16.5 Å². The summed E-state index contributed by atoms with van der Waals surface area (Å²) in [4.78, 5) is 28.9. The first-order valence-corrected chi connectivity index (χ1v) is 13.4. The molecule has 1 aliphatic rings. The number of piperidine rings is 1. The lowest BCUT2D eigenvalue weighted by Gasteiger charge is -2.32. The summed E-state index contributed by atoms with van der Waals surface area (Å²) in [5, 5.41) is 26.8. The third kappa shape index (κ3) is 6.05. The Kier molecular flexibility index (Phi) is 8.04. The molecule has 2 heterocycles. The van der Waals surface area contributed by atoms with Crippen LogP contribution < -0.4 is 15.5 Å². The van der Waals surface area contributed by atoms with Crippen molar-refractivity contribution in [1.82, 2.24) is 15.2 Å². The number of aromatic nitrogens is 1. The summed E-state index contributed by atoms with van der Waals surface area (Å²) in [6.07, 6.45) is -0.0162. The normalized spacial score (nSPS) is 15.4. The molecule has 10 heteroatoms. The summed E-state index contributed by atoms with van der Waals surface area (Å²) in [5.41, 5.74) is 3.62. The molecule has 3 aromatic carbocycles. The molecule has 0 bridgehead atoms. The number of ether oxygens (including phenoxy) is 1. The van der Waals surface area contributed by atoms with E-state index in [0.717, 1.165) is 35.6 Å². The second-order valence-electron chi connectivity index (χ2n) is 9.28. The number of aromatic amines is 1. The van der Waals surface area contributed by atoms with Crippen LogP contribution in [-0.2, 0) is 4.74 Å². The molecule has 1 saturated heterocycles. The number of carbonyl (C=O) groups is 1. The maximum absolute atomic E-state index is 12.6. The third-order valence-corrected chi connectivity index (χ3v) is 7.61. The van der Waals surface area contributed by atoms with E-state index >= 15 is 0 Å². The minimum atomic E-state index is -0.826. The van der Waals surface area contributed by atoms with E-state index in [9.17, 15) is 19.8 Å². The van der Waals surface area contributed by atoms with Crippen molar-refractivity contribution < 1.29 is 19.7 Å². The average molecular weight is 535 g/mol. The van der Waals surface area contributed by atoms with Crippen LogP contribution in [0, 0.1) is 0 Å². The number of aliphatic hydroxyl groups excluding tert-OH is 1. The molecule has 1 aromatic heterocycles. The van der Waals surface area contributed by atoms with Gasteiger partial charge in [-0.2, -0.15) is 0 Å². The minimum absolute atomic E-state index is 0.0126. The number of nitrogens with one attached hydrogen (secondary N) is 3. The van der Waals surface area contributed by atoms with Crippen molar-refractivity contribution in [3.63, 3.8) is 0 Å². The molecule has 1 amide bonds. The lowest BCUT2D eigenvalue weighted by molar-refractivity contribution is 0.0547. The second-order valence-corrected chi connectivity index (χ2v) is 10.3. The van der Waals surface area contributed by atoms with E-state index in [4.69, 9.17) is 4.74 Å². The lowest BCUT2D eigenvalue weighted by atomic mass is 10.0. The van der Waals surface area contributed by atoms with E-state index in [1.54, 1.807) is 6.07 Å². The first kappa shape index (κ1) is 25.9. The third-order valence-electron chi connectivity index (χ3n) is 6.68. The molecule has 0 saturated carbocycles. The summed E-state index contributed by atoms with van der Waals surface area (Å²) in [6, 6.07) is 20.7. The molecule has 0 radical (unpaired) electrons. The van der Waals surface area contributed by atoms with E-state index in [-0.39, 0.29) is 16.7 Å². The molecule has 1 aliphatic heterocycles. The number of anilines is 1. The molecule has 1 atom stereocenters. The number of hydrogen-bond acceptors (Lipinski definition) is 8. The zero-order chi connectivity index (χ0) is 26.5. The molecule has 38 heavy (non-hydrogen) atoms. The quantitative estimate of drug-likeness (QED) is 0.229. The summed E-state index contributed by atoms with van der Waals surface area (Å²) in [6.45, 7) is 2.38. The van der Waals surface area contributed by atoms with Gasteiger partial charge in [0.1, 0.15) is 17.4 Å². The van der Waals surface area contributed by atoms with E-state index in [2.05, 4.69) is 20.5 Å². The molecular weight excluding hydrogens is 504 g/mol. The highest BCUT2D eigenvalue weighted by Crippen LogP contribution is 2.31. The Labute approximate surface area is 223 Å². The van der Waals surface area contributed by atoms with Gasteiger partial charge in [0, 0.05) is 37.4 Å². The van der Waals surface area contributed by atoms with Crippen LogP contribution in [-0.4, -0.2) is 58.6 Å². The first-order chi connectivity index (χ1) is 18.5. The van der Waals surface area contributed by atoms with Gasteiger partial charge in [-0.15, -0.1) is 0 Å². The molecular formula is C28H30N4O5S. The number of fused-ring (bicyclic) bond motifs is 1. The number of hydrogen-bond donors (Lipinski definition) is 5. The van der Waals surface area contributed by atoms with Crippen molar-refractivity contribution in [1.29, 1.82) is 0 Å². The van der Waals surface area contributed by atoms with Crippen LogP contribution in [0.25, 0.3) is 21.3 Å². The number of carbonyl (C=O) groups excluding carboxylic acids is 1. The number of benzene rings is 3. The van der Waals surface area contributed by atoms with Crippen molar-refractivity contribution >= 4 is 33.3 Å². The Bertz CT molecular complexity index is 1450. The highest BCUT2D eigenvalue weighted by Gasteiger charge is 2.23. The molecule has 1 fully saturated rings. The number of phenolic OH excluding ortho intramolecular Hbond substituents is 1. The molecule has 5 rings (SSSR count). The predicted octanol–water partition coefficient (Wildman–Crippen LogP) is 4.26. The summed E-state index contributed by atoms with van der Waals surface area (Å²) in [7, 11) is 0. The number of H-pyrrole nitrogens is 1. The molecule has 0 unspecified atom stereocenters. The van der Waals surface area contributed by atoms with E-state index in [1.165, 1.54) is 6.07 Å². The maximum Gasteiger partial charge on any atom is 0.411 e. The topological polar surface area (TPSA) is 127 Å². The number of phenols is 1. The highest BCUT2D eigenvalue weighted by atomic mass is 32.1. The molecule has 4 aromatic rings. The molecule has 198 valence electrons. The van der Waals surface area contributed by atoms with Gasteiger partial charge in [-0.3, -0.25) is 15.0 Å². The largest absolute Gasteiger partial charge is 0.506 e. The van der Waals surface area contributed by atoms with Crippen molar-refractivity contribution in [3.8, 4) is 16.9 Å². The summed E-state index contributed by atoms with van der Waals surface area (Å²) >= 11 is 0.972. The van der Waals surface area contributed by atoms with Crippen LogP contribution >= 0.6 is 11.3 Å². The van der Waals surface area contributed by atoms with Crippen LogP contribution in [0.3, 0.4) is 0 Å². The summed E-state index contributed by atoms with van der Waals surface area (Å²) in [5.74, 6) is -0.0126. The Morgan fingerprint density at radius 2 is 1.82 bits per heavy atom. The number of thiazole rings is 1. The average Bonchev–Trinajstić information content (AvgIpc) is 3.33. The number of aromatic hydroxyl groups is 1. The fraction of sp³-hybridized carbons (Fsp3) is 0.286. The van der Waals surface area contributed by atoms with Gasteiger partial charge >= 0.3 is 11.0 Å². The smallest absolute Gasteiger partial charge is 0.411 e. The van der Waals surface area contributed by atoms with Crippen LogP contribution in [0.15, 0.2) is 71.5 Å². The van der Waals surface area contributed by atoms with E-state index in [1.807, 2.05) is 54.6 Å². The number of rotatable bonds is 8. The van der Waals surface area contributed by atoms with E-state index in [0.29, 0.717) is 47.5 Å².